The molecule has 5 heteroatoms. The van der Waals surface area contributed by atoms with E-state index in [9.17, 15) is 9.59 Å². The van der Waals surface area contributed by atoms with Crippen LogP contribution in [0.4, 0.5) is 0 Å². The van der Waals surface area contributed by atoms with E-state index >= 15 is 0 Å². The average molecular weight is 279 g/mol. The SMILES string of the molecule is C[C@H](N)C(=O)OCCCCC(=O)OCc1ccccc1. The fourth-order valence-electron chi connectivity index (χ4n) is 1.49. The van der Waals surface area contributed by atoms with Crippen molar-refractivity contribution in [2.75, 3.05) is 6.61 Å². The molecule has 0 bridgehead atoms. The second kappa shape index (κ2) is 9.09. The van der Waals surface area contributed by atoms with E-state index in [1.807, 2.05) is 30.3 Å². The number of carbonyl (C=O) groups is 2. The fraction of sp³-hybridized carbons (Fsp3) is 0.467. The van der Waals surface area contributed by atoms with Crippen molar-refractivity contribution < 1.29 is 19.1 Å². The molecule has 0 unspecified atom stereocenters. The van der Waals surface area contributed by atoms with Gasteiger partial charge in [-0.05, 0) is 25.3 Å². The predicted molar refractivity (Wildman–Crippen MR) is 74.7 cm³/mol. The molecule has 0 aliphatic carbocycles. The van der Waals surface area contributed by atoms with Crippen molar-refractivity contribution >= 4 is 11.9 Å². The molecule has 0 fully saturated rings. The molecule has 20 heavy (non-hydrogen) atoms. The Hall–Kier alpha value is -1.88. The van der Waals surface area contributed by atoms with E-state index < -0.39 is 12.0 Å². The van der Waals surface area contributed by atoms with Crippen LogP contribution in [0.25, 0.3) is 0 Å². The molecular formula is C15H21NO4. The molecule has 0 heterocycles. The van der Waals surface area contributed by atoms with Gasteiger partial charge in [0, 0.05) is 6.42 Å². The molecule has 2 N–H and O–H groups in total. The molecule has 0 saturated carbocycles. The Morgan fingerprint density at radius 3 is 2.50 bits per heavy atom. The number of benzene rings is 1. The minimum Gasteiger partial charge on any atom is -0.465 e. The van der Waals surface area contributed by atoms with E-state index in [1.165, 1.54) is 0 Å². The Balaban J connectivity index is 2.05. The van der Waals surface area contributed by atoms with Crippen molar-refractivity contribution in [3.63, 3.8) is 0 Å². The normalized spacial score (nSPS) is 11.7. The van der Waals surface area contributed by atoms with Gasteiger partial charge in [0.15, 0.2) is 0 Å². The number of hydrogen-bond donors (Lipinski definition) is 1. The second-order valence-electron chi connectivity index (χ2n) is 4.56. The summed E-state index contributed by atoms with van der Waals surface area (Å²) < 4.78 is 10.0. The monoisotopic (exact) mass is 279 g/mol. The van der Waals surface area contributed by atoms with Crippen LogP contribution in [-0.4, -0.2) is 24.6 Å². The van der Waals surface area contributed by atoms with Gasteiger partial charge in [-0.15, -0.1) is 0 Å². The van der Waals surface area contributed by atoms with Crippen molar-refractivity contribution in [3.05, 3.63) is 35.9 Å². The van der Waals surface area contributed by atoms with Crippen LogP contribution < -0.4 is 5.73 Å². The van der Waals surface area contributed by atoms with Gasteiger partial charge in [-0.2, -0.15) is 0 Å². The molecule has 0 spiro atoms. The highest BCUT2D eigenvalue weighted by Gasteiger charge is 2.08. The van der Waals surface area contributed by atoms with E-state index in [0.717, 1.165) is 5.56 Å². The molecular weight excluding hydrogens is 258 g/mol. The minimum atomic E-state index is -0.606. The van der Waals surface area contributed by atoms with Gasteiger partial charge in [0.2, 0.25) is 0 Å². The summed E-state index contributed by atoms with van der Waals surface area (Å²) in [6.45, 7) is 2.15. The summed E-state index contributed by atoms with van der Waals surface area (Å²) in [6.07, 6.45) is 1.57. The average Bonchev–Trinajstić information content (AvgIpc) is 2.45. The van der Waals surface area contributed by atoms with E-state index in [1.54, 1.807) is 6.92 Å². The minimum absolute atomic E-state index is 0.243. The Kier molecular flexibility index (Phi) is 7.35. The van der Waals surface area contributed by atoms with Gasteiger partial charge in [-0.25, -0.2) is 0 Å². The summed E-state index contributed by atoms with van der Waals surface area (Å²) in [5.41, 5.74) is 6.31. The van der Waals surface area contributed by atoms with Gasteiger partial charge in [0.05, 0.1) is 6.61 Å². The fourth-order valence-corrected chi connectivity index (χ4v) is 1.49. The maximum absolute atomic E-state index is 11.5. The molecule has 110 valence electrons. The molecule has 1 atom stereocenters. The number of hydrogen-bond acceptors (Lipinski definition) is 5. The summed E-state index contributed by atoms with van der Waals surface area (Å²) in [6, 6.07) is 8.91. The van der Waals surface area contributed by atoms with Crippen LogP contribution in [0, 0.1) is 0 Å². The van der Waals surface area contributed by atoms with Crippen LogP contribution in [0.2, 0.25) is 0 Å². The van der Waals surface area contributed by atoms with Gasteiger partial charge in [0.1, 0.15) is 12.6 Å². The lowest BCUT2D eigenvalue weighted by atomic mass is 10.2. The number of rotatable bonds is 8. The van der Waals surface area contributed by atoms with Crippen LogP contribution >= 0.6 is 0 Å². The van der Waals surface area contributed by atoms with Crippen molar-refractivity contribution in [2.45, 2.75) is 38.8 Å². The maximum Gasteiger partial charge on any atom is 0.322 e. The number of esters is 2. The quantitative estimate of drug-likeness (QED) is 0.580. The van der Waals surface area contributed by atoms with Crippen LogP contribution in [0.5, 0.6) is 0 Å². The van der Waals surface area contributed by atoms with E-state index in [-0.39, 0.29) is 12.6 Å². The van der Waals surface area contributed by atoms with Gasteiger partial charge in [-0.1, -0.05) is 30.3 Å². The molecule has 0 saturated heterocycles. The molecule has 0 aliphatic rings. The maximum atomic E-state index is 11.5. The molecule has 0 aliphatic heterocycles. The van der Waals surface area contributed by atoms with Crippen LogP contribution in [0.3, 0.4) is 0 Å². The summed E-state index contributed by atoms with van der Waals surface area (Å²) >= 11 is 0. The standard InChI is InChI=1S/C15H21NO4/c1-12(16)15(18)19-10-6-5-9-14(17)20-11-13-7-3-2-4-8-13/h2-4,7-8,12H,5-6,9-11,16H2,1H3/t12-/m0/s1. The molecule has 1 aromatic carbocycles. The lowest BCUT2D eigenvalue weighted by Gasteiger charge is -2.07. The highest BCUT2D eigenvalue weighted by Crippen LogP contribution is 2.04. The van der Waals surface area contributed by atoms with Gasteiger partial charge in [0.25, 0.3) is 0 Å². The lowest BCUT2D eigenvalue weighted by molar-refractivity contribution is -0.145. The van der Waals surface area contributed by atoms with Crippen LogP contribution in [0.1, 0.15) is 31.7 Å². The third kappa shape index (κ3) is 6.89. The van der Waals surface area contributed by atoms with Gasteiger partial charge < -0.3 is 15.2 Å². The highest BCUT2D eigenvalue weighted by atomic mass is 16.5. The largest absolute Gasteiger partial charge is 0.465 e. The zero-order valence-corrected chi connectivity index (χ0v) is 11.7. The van der Waals surface area contributed by atoms with Gasteiger partial charge in [-0.3, -0.25) is 9.59 Å². The molecule has 0 aromatic heterocycles. The zero-order valence-electron chi connectivity index (χ0n) is 11.7. The number of unbranched alkanes of at least 4 members (excludes halogenated alkanes) is 1. The number of ether oxygens (including phenoxy) is 2. The van der Waals surface area contributed by atoms with Crippen molar-refractivity contribution in [2.24, 2.45) is 5.73 Å². The first-order valence-corrected chi connectivity index (χ1v) is 6.71. The third-order valence-corrected chi connectivity index (χ3v) is 2.63. The summed E-state index contributed by atoms with van der Waals surface area (Å²) in [7, 11) is 0. The molecule has 1 rings (SSSR count). The second-order valence-corrected chi connectivity index (χ2v) is 4.56. The summed E-state index contributed by atoms with van der Waals surface area (Å²) in [5, 5.41) is 0. The highest BCUT2D eigenvalue weighted by molar-refractivity contribution is 5.74. The third-order valence-electron chi connectivity index (χ3n) is 2.63. The predicted octanol–water partition coefficient (Wildman–Crippen LogP) is 1.79. The number of nitrogens with two attached hydrogens (primary N) is 1. The Morgan fingerprint density at radius 1 is 1.15 bits per heavy atom. The Morgan fingerprint density at radius 2 is 1.85 bits per heavy atom. The Labute approximate surface area is 119 Å². The number of carbonyl (C=O) groups excluding carboxylic acids is 2. The van der Waals surface area contributed by atoms with Crippen molar-refractivity contribution in [1.29, 1.82) is 0 Å². The first-order valence-electron chi connectivity index (χ1n) is 6.71. The van der Waals surface area contributed by atoms with Crippen LogP contribution in [-0.2, 0) is 25.7 Å². The van der Waals surface area contributed by atoms with E-state index in [0.29, 0.717) is 25.9 Å². The van der Waals surface area contributed by atoms with Gasteiger partial charge >= 0.3 is 11.9 Å². The Bertz CT molecular complexity index is 417. The first-order chi connectivity index (χ1) is 9.59. The zero-order chi connectivity index (χ0) is 14.8. The van der Waals surface area contributed by atoms with Crippen molar-refractivity contribution in [1.82, 2.24) is 0 Å². The smallest absolute Gasteiger partial charge is 0.322 e. The van der Waals surface area contributed by atoms with Crippen LogP contribution in [0.15, 0.2) is 30.3 Å². The lowest BCUT2D eigenvalue weighted by Crippen LogP contribution is -2.28. The summed E-state index contributed by atoms with van der Waals surface area (Å²) in [5.74, 6) is -0.663. The summed E-state index contributed by atoms with van der Waals surface area (Å²) in [4.78, 5) is 22.5. The van der Waals surface area contributed by atoms with E-state index in [4.69, 9.17) is 15.2 Å². The van der Waals surface area contributed by atoms with Crippen molar-refractivity contribution in [3.8, 4) is 0 Å². The van der Waals surface area contributed by atoms with E-state index in [2.05, 4.69) is 0 Å². The first kappa shape index (κ1) is 16.2. The molecule has 0 amide bonds. The molecule has 0 radical (unpaired) electrons. The molecule has 1 aromatic rings. The molecule has 5 nitrogen and oxygen atoms in total. The topological polar surface area (TPSA) is 78.6 Å².